The molecule has 150 valence electrons. The molecule has 0 unspecified atom stereocenters. The average molecular weight is 385 g/mol. The Hall–Kier alpha value is -2.90. The van der Waals surface area contributed by atoms with Crippen molar-refractivity contribution in [2.24, 2.45) is 7.05 Å². The van der Waals surface area contributed by atoms with Crippen molar-refractivity contribution < 1.29 is 9.53 Å². The predicted octanol–water partition coefficient (Wildman–Crippen LogP) is 2.70. The third kappa shape index (κ3) is 5.09. The molecule has 0 radical (unpaired) electrons. The molecule has 28 heavy (non-hydrogen) atoms. The number of hydrogen-bond donors (Lipinski definition) is 2. The van der Waals surface area contributed by atoms with Gasteiger partial charge in [-0.05, 0) is 52.2 Å². The first-order valence-electron chi connectivity index (χ1n) is 9.46. The minimum absolute atomic E-state index is 0.0350. The number of hydrogen-bond acceptors (Lipinski definition) is 6. The number of carbonyl (C=O) groups excluding carboxylic acids is 1. The van der Waals surface area contributed by atoms with Gasteiger partial charge in [0.15, 0.2) is 0 Å². The van der Waals surface area contributed by atoms with E-state index in [0.29, 0.717) is 11.6 Å². The maximum absolute atomic E-state index is 12.3. The maximum Gasteiger partial charge on any atom is 0.407 e. The van der Waals surface area contributed by atoms with E-state index >= 15 is 0 Å². The number of nitrogens with zero attached hydrogens (tertiary/aromatic N) is 3. The van der Waals surface area contributed by atoms with Crippen LogP contribution in [0.4, 0.5) is 10.7 Å². The molecule has 3 rings (SSSR count). The van der Waals surface area contributed by atoms with Gasteiger partial charge < -0.3 is 15.4 Å². The van der Waals surface area contributed by atoms with Crippen LogP contribution in [0.1, 0.15) is 40.0 Å². The van der Waals surface area contributed by atoms with Crippen LogP contribution in [0.25, 0.3) is 11.3 Å². The molecule has 2 N–H and O–H groups in total. The second kappa shape index (κ2) is 8.00. The predicted molar refractivity (Wildman–Crippen MR) is 107 cm³/mol. The molecule has 0 bridgehead atoms. The molecule has 0 aliphatic heterocycles. The Kier molecular flexibility index (Phi) is 5.67. The lowest BCUT2D eigenvalue weighted by Crippen LogP contribution is -2.38. The molecule has 2 aromatic rings. The molecule has 1 fully saturated rings. The normalized spacial score (nSPS) is 19.3. The van der Waals surface area contributed by atoms with Crippen molar-refractivity contribution in [2.75, 3.05) is 5.32 Å². The number of rotatable bonds is 4. The lowest BCUT2D eigenvalue weighted by molar-refractivity contribution is 0.0505. The Labute approximate surface area is 164 Å². The van der Waals surface area contributed by atoms with Crippen LogP contribution in [-0.4, -0.2) is 38.3 Å². The van der Waals surface area contributed by atoms with Gasteiger partial charge in [0, 0.05) is 43.2 Å². The van der Waals surface area contributed by atoms with E-state index in [9.17, 15) is 9.59 Å². The molecule has 1 aliphatic rings. The molecule has 2 aromatic heterocycles. The van der Waals surface area contributed by atoms with Gasteiger partial charge in [0.2, 0.25) is 5.95 Å². The number of alkyl carbamates (subject to hydrolysis) is 1. The highest BCUT2D eigenvalue weighted by Gasteiger charge is 2.28. The Morgan fingerprint density at radius 3 is 2.57 bits per heavy atom. The molecule has 1 saturated carbocycles. The number of amides is 1. The molecule has 2 atom stereocenters. The van der Waals surface area contributed by atoms with Gasteiger partial charge in [-0.1, -0.05) is 0 Å². The lowest BCUT2D eigenvalue weighted by Gasteiger charge is -2.22. The summed E-state index contributed by atoms with van der Waals surface area (Å²) in [7, 11) is 1.69. The lowest BCUT2D eigenvalue weighted by atomic mass is 10.2. The number of aromatic nitrogens is 3. The maximum atomic E-state index is 12.3. The number of ether oxygens (including phenoxy) is 1. The zero-order chi connectivity index (χ0) is 20.3. The highest BCUT2D eigenvalue weighted by atomic mass is 16.6. The SMILES string of the molecule is Cn1c(N[C@@H]2CC[C@@H](NC(=O)OC(C)(C)C)C2)nc(-c2ccncc2)cc1=O. The third-order valence-corrected chi connectivity index (χ3v) is 4.60. The van der Waals surface area contributed by atoms with Gasteiger partial charge in [0.1, 0.15) is 5.60 Å². The van der Waals surface area contributed by atoms with Gasteiger partial charge in [-0.15, -0.1) is 0 Å². The first kappa shape index (κ1) is 19.9. The molecule has 2 heterocycles. The van der Waals surface area contributed by atoms with E-state index in [1.807, 2.05) is 32.9 Å². The van der Waals surface area contributed by atoms with E-state index in [2.05, 4.69) is 20.6 Å². The Morgan fingerprint density at radius 1 is 1.21 bits per heavy atom. The van der Waals surface area contributed by atoms with Crippen LogP contribution in [0.15, 0.2) is 35.4 Å². The summed E-state index contributed by atoms with van der Waals surface area (Å²) in [5.41, 5.74) is 0.794. The molecule has 8 heteroatoms. The van der Waals surface area contributed by atoms with Crippen molar-refractivity contribution in [1.29, 1.82) is 0 Å². The number of anilines is 1. The fourth-order valence-electron chi connectivity index (χ4n) is 3.24. The summed E-state index contributed by atoms with van der Waals surface area (Å²) in [6.45, 7) is 5.52. The van der Waals surface area contributed by atoms with Crippen LogP contribution in [0.3, 0.4) is 0 Å². The van der Waals surface area contributed by atoms with Crippen LogP contribution in [0.2, 0.25) is 0 Å². The summed E-state index contributed by atoms with van der Waals surface area (Å²) in [6.07, 6.45) is 5.40. The summed E-state index contributed by atoms with van der Waals surface area (Å²) < 4.78 is 6.82. The standard InChI is InChI=1S/C20H27N5O3/c1-20(2,3)28-19(27)23-15-6-5-14(11-15)22-18-24-16(12-17(26)25(18)4)13-7-9-21-10-8-13/h7-10,12,14-15H,5-6,11H2,1-4H3,(H,22,24)(H,23,27)/t14-,15-/m1/s1. The minimum Gasteiger partial charge on any atom is -0.444 e. The largest absolute Gasteiger partial charge is 0.444 e. The monoisotopic (exact) mass is 385 g/mol. The van der Waals surface area contributed by atoms with Crippen LogP contribution < -0.4 is 16.2 Å². The van der Waals surface area contributed by atoms with Crippen LogP contribution in [0, 0.1) is 0 Å². The molecule has 8 nitrogen and oxygen atoms in total. The van der Waals surface area contributed by atoms with Gasteiger partial charge in [0.25, 0.3) is 5.56 Å². The molecule has 0 saturated heterocycles. The summed E-state index contributed by atoms with van der Waals surface area (Å²) in [4.78, 5) is 32.9. The van der Waals surface area contributed by atoms with Crippen molar-refractivity contribution in [2.45, 2.75) is 57.7 Å². The van der Waals surface area contributed by atoms with E-state index in [4.69, 9.17) is 4.74 Å². The van der Waals surface area contributed by atoms with Gasteiger partial charge in [0.05, 0.1) is 5.69 Å². The highest BCUT2D eigenvalue weighted by molar-refractivity contribution is 5.68. The van der Waals surface area contributed by atoms with E-state index < -0.39 is 11.7 Å². The van der Waals surface area contributed by atoms with Gasteiger partial charge in [-0.3, -0.25) is 14.3 Å². The van der Waals surface area contributed by atoms with Crippen LogP contribution >= 0.6 is 0 Å². The van der Waals surface area contributed by atoms with E-state index in [1.54, 1.807) is 19.4 Å². The number of pyridine rings is 1. The average Bonchev–Trinajstić information content (AvgIpc) is 3.04. The fourth-order valence-corrected chi connectivity index (χ4v) is 3.24. The first-order chi connectivity index (χ1) is 13.2. The summed E-state index contributed by atoms with van der Waals surface area (Å²) in [6, 6.07) is 5.31. The molecule has 0 aromatic carbocycles. The summed E-state index contributed by atoms with van der Waals surface area (Å²) >= 11 is 0. The Balaban J connectivity index is 1.67. The highest BCUT2D eigenvalue weighted by Crippen LogP contribution is 2.23. The van der Waals surface area contributed by atoms with Gasteiger partial charge in [-0.2, -0.15) is 0 Å². The fraction of sp³-hybridized carbons (Fsp3) is 0.500. The topological polar surface area (TPSA) is 98.1 Å². The summed E-state index contributed by atoms with van der Waals surface area (Å²) in [5.74, 6) is 0.516. The van der Waals surface area contributed by atoms with Crippen LogP contribution in [0.5, 0.6) is 0 Å². The van der Waals surface area contributed by atoms with E-state index in [1.165, 1.54) is 10.6 Å². The third-order valence-electron chi connectivity index (χ3n) is 4.60. The quantitative estimate of drug-likeness (QED) is 0.840. The molecular formula is C20H27N5O3. The van der Waals surface area contributed by atoms with E-state index in [-0.39, 0.29) is 17.6 Å². The molecule has 1 amide bonds. The van der Waals surface area contributed by atoms with Gasteiger partial charge >= 0.3 is 6.09 Å². The second-order valence-electron chi connectivity index (χ2n) is 8.10. The zero-order valence-corrected chi connectivity index (χ0v) is 16.7. The van der Waals surface area contributed by atoms with Gasteiger partial charge in [-0.25, -0.2) is 9.78 Å². The second-order valence-corrected chi connectivity index (χ2v) is 8.10. The van der Waals surface area contributed by atoms with Crippen molar-refractivity contribution >= 4 is 12.0 Å². The minimum atomic E-state index is -0.518. The van der Waals surface area contributed by atoms with Crippen molar-refractivity contribution in [3.63, 3.8) is 0 Å². The van der Waals surface area contributed by atoms with Crippen LogP contribution in [-0.2, 0) is 11.8 Å². The zero-order valence-electron chi connectivity index (χ0n) is 16.7. The molecule has 1 aliphatic carbocycles. The van der Waals surface area contributed by atoms with Crippen molar-refractivity contribution in [3.8, 4) is 11.3 Å². The summed E-state index contributed by atoms with van der Waals surface area (Å²) in [5, 5.41) is 6.27. The molecule has 0 spiro atoms. The molecular weight excluding hydrogens is 358 g/mol. The first-order valence-corrected chi connectivity index (χ1v) is 9.46. The van der Waals surface area contributed by atoms with Crippen molar-refractivity contribution in [1.82, 2.24) is 19.9 Å². The van der Waals surface area contributed by atoms with E-state index in [0.717, 1.165) is 24.8 Å². The number of carbonyl (C=O) groups is 1. The smallest absolute Gasteiger partial charge is 0.407 e. The number of nitrogens with one attached hydrogen (secondary N) is 2. The Morgan fingerprint density at radius 2 is 1.89 bits per heavy atom. The van der Waals surface area contributed by atoms with Crippen molar-refractivity contribution in [3.05, 3.63) is 40.9 Å². The Bertz CT molecular complexity index is 889.